The van der Waals surface area contributed by atoms with Gasteiger partial charge in [-0.1, -0.05) is 0 Å². The SMILES string of the molecule is COCCCC(=O)N1C2CCC1C(C(=O)O)C2. The molecule has 2 saturated heterocycles. The standard InChI is InChI=1S/C12H19NO4/c1-17-6-2-3-11(14)13-8-4-5-10(13)9(7-8)12(15)16/h8-10H,2-7H2,1H3,(H,15,16). The molecule has 2 heterocycles. The number of aliphatic carboxylic acids is 1. The number of rotatable bonds is 5. The van der Waals surface area contributed by atoms with Crippen LogP contribution in [0.25, 0.3) is 0 Å². The smallest absolute Gasteiger partial charge is 0.308 e. The molecule has 0 aromatic carbocycles. The summed E-state index contributed by atoms with van der Waals surface area (Å²) in [7, 11) is 1.62. The molecule has 5 heteroatoms. The van der Waals surface area contributed by atoms with E-state index in [-0.39, 0.29) is 23.9 Å². The number of ether oxygens (including phenoxy) is 1. The van der Waals surface area contributed by atoms with Gasteiger partial charge in [-0.15, -0.1) is 0 Å². The Morgan fingerprint density at radius 1 is 1.41 bits per heavy atom. The van der Waals surface area contributed by atoms with Crippen LogP contribution >= 0.6 is 0 Å². The Morgan fingerprint density at radius 3 is 2.76 bits per heavy atom. The molecule has 2 fully saturated rings. The molecule has 1 N–H and O–H groups in total. The van der Waals surface area contributed by atoms with Crippen LogP contribution in [0.4, 0.5) is 0 Å². The van der Waals surface area contributed by atoms with Crippen molar-refractivity contribution < 1.29 is 19.4 Å². The first-order valence-corrected chi connectivity index (χ1v) is 6.18. The largest absolute Gasteiger partial charge is 0.481 e. The van der Waals surface area contributed by atoms with Crippen LogP contribution in [0.5, 0.6) is 0 Å². The summed E-state index contributed by atoms with van der Waals surface area (Å²) in [4.78, 5) is 24.9. The third-order valence-electron chi connectivity index (χ3n) is 3.88. The minimum Gasteiger partial charge on any atom is -0.481 e. The summed E-state index contributed by atoms with van der Waals surface area (Å²) in [5.74, 6) is -1.01. The highest BCUT2D eigenvalue weighted by Crippen LogP contribution is 2.42. The second-order valence-corrected chi connectivity index (χ2v) is 4.88. The van der Waals surface area contributed by atoms with E-state index in [4.69, 9.17) is 9.84 Å². The summed E-state index contributed by atoms with van der Waals surface area (Å²) < 4.78 is 4.92. The molecule has 0 spiro atoms. The zero-order valence-corrected chi connectivity index (χ0v) is 10.1. The van der Waals surface area contributed by atoms with Crippen LogP contribution in [0.3, 0.4) is 0 Å². The second kappa shape index (κ2) is 5.04. The number of amides is 1. The lowest BCUT2D eigenvalue weighted by atomic mass is 9.89. The Morgan fingerprint density at radius 2 is 2.18 bits per heavy atom. The quantitative estimate of drug-likeness (QED) is 0.725. The van der Waals surface area contributed by atoms with Gasteiger partial charge in [-0.3, -0.25) is 9.59 Å². The number of methoxy groups -OCH3 is 1. The Bertz CT molecular complexity index is 318. The molecule has 17 heavy (non-hydrogen) atoms. The highest BCUT2D eigenvalue weighted by atomic mass is 16.5. The van der Waals surface area contributed by atoms with E-state index in [0.717, 1.165) is 12.8 Å². The number of carboxylic acid groups (broad SMARTS) is 1. The van der Waals surface area contributed by atoms with Gasteiger partial charge in [0.05, 0.1) is 5.92 Å². The van der Waals surface area contributed by atoms with E-state index in [1.165, 1.54) is 0 Å². The number of hydrogen-bond donors (Lipinski definition) is 1. The molecule has 2 aliphatic heterocycles. The van der Waals surface area contributed by atoms with Crippen LogP contribution in [0, 0.1) is 5.92 Å². The molecule has 0 saturated carbocycles. The van der Waals surface area contributed by atoms with Gasteiger partial charge in [0.15, 0.2) is 0 Å². The predicted octanol–water partition coefficient (Wildman–Crippen LogP) is 0.877. The first kappa shape index (κ1) is 12.4. The molecular weight excluding hydrogens is 222 g/mol. The maximum atomic E-state index is 12.0. The number of carbonyl (C=O) groups excluding carboxylic acids is 1. The van der Waals surface area contributed by atoms with E-state index in [1.807, 2.05) is 4.90 Å². The van der Waals surface area contributed by atoms with Crippen LogP contribution in [0.2, 0.25) is 0 Å². The Kier molecular flexibility index (Phi) is 3.66. The molecule has 96 valence electrons. The highest BCUT2D eigenvalue weighted by Gasteiger charge is 2.50. The Labute approximate surface area is 101 Å². The monoisotopic (exact) mass is 241 g/mol. The van der Waals surface area contributed by atoms with E-state index in [9.17, 15) is 9.59 Å². The number of carboxylic acids is 1. The molecule has 0 aromatic rings. The van der Waals surface area contributed by atoms with Crippen molar-refractivity contribution in [2.75, 3.05) is 13.7 Å². The van der Waals surface area contributed by atoms with Crippen molar-refractivity contribution in [2.24, 2.45) is 5.92 Å². The van der Waals surface area contributed by atoms with E-state index in [0.29, 0.717) is 25.9 Å². The lowest BCUT2D eigenvalue weighted by Gasteiger charge is -2.23. The Balaban J connectivity index is 1.93. The minimum atomic E-state index is -0.758. The van der Waals surface area contributed by atoms with E-state index < -0.39 is 5.97 Å². The van der Waals surface area contributed by atoms with Gasteiger partial charge in [0.2, 0.25) is 5.91 Å². The first-order valence-electron chi connectivity index (χ1n) is 6.18. The highest BCUT2D eigenvalue weighted by molar-refractivity contribution is 5.80. The van der Waals surface area contributed by atoms with E-state index in [1.54, 1.807) is 7.11 Å². The topological polar surface area (TPSA) is 66.8 Å². The van der Waals surface area contributed by atoms with Gasteiger partial charge < -0.3 is 14.7 Å². The van der Waals surface area contributed by atoms with Gasteiger partial charge in [-0.25, -0.2) is 0 Å². The molecule has 0 aliphatic carbocycles. The van der Waals surface area contributed by atoms with Crippen LogP contribution in [0.15, 0.2) is 0 Å². The number of carbonyl (C=O) groups is 2. The fourth-order valence-corrected chi connectivity index (χ4v) is 3.14. The average Bonchev–Trinajstić information content (AvgIpc) is 2.86. The molecule has 0 aromatic heterocycles. The normalized spacial score (nSPS) is 30.9. The van der Waals surface area contributed by atoms with Crippen molar-refractivity contribution in [1.29, 1.82) is 0 Å². The van der Waals surface area contributed by atoms with Crippen molar-refractivity contribution in [3.63, 3.8) is 0 Å². The lowest BCUT2D eigenvalue weighted by Crippen LogP contribution is -2.37. The predicted molar refractivity (Wildman–Crippen MR) is 60.5 cm³/mol. The second-order valence-electron chi connectivity index (χ2n) is 4.88. The average molecular weight is 241 g/mol. The van der Waals surface area contributed by atoms with Crippen molar-refractivity contribution in [1.82, 2.24) is 4.90 Å². The summed E-state index contributed by atoms with van der Waals surface area (Å²) in [6.07, 6.45) is 3.62. The summed E-state index contributed by atoms with van der Waals surface area (Å²) in [5, 5.41) is 9.09. The zero-order valence-electron chi connectivity index (χ0n) is 10.1. The van der Waals surface area contributed by atoms with Crippen LogP contribution < -0.4 is 0 Å². The van der Waals surface area contributed by atoms with E-state index in [2.05, 4.69) is 0 Å². The van der Waals surface area contributed by atoms with Crippen molar-refractivity contribution >= 4 is 11.9 Å². The van der Waals surface area contributed by atoms with Gasteiger partial charge >= 0.3 is 5.97 Å². The van der Waals surface area contributed by atoms with Gasteiger partial charge in [0.25, 0.3) is 0 Å². The third kappa shape index (κ3) is 2.29. The van der Waals surface area contributed by atoms with E-state index >= 15 is 0 Å². The summed E-state index contributed by atoms with van der Waals surface area (Å²) in [5.41, 5.74) is 0. The fraction of sp³-hybridized carbons (Fsp3) is 0.833. The molecule has 3 atom stereocenters. The maximum Gasteiger partial charge on any atom is 0.308 e. The number of hydrogen-bond acceptors (Lipinski definition) is 3. The third-order valence-corrected chi connectivity index (χ3v) is 3.88. The summed E-state index contributed by atoms with van der Waals surface area (Å²) in [6.45, 7) is 0.581. The maximum absolute atomic E-state index is 12.0. The lowest BCUT2D eigenvalue weighted by molar-refractivity contribution is -0.143. The van der Waals surface area contributed by atoms with Crippen molar-refractivity contribution in [3.8, 4) is 0 Å². The fourth-order valence-electron chi connectivity index (χ4n) is 3.14. The van der Waals surface area contributed by atoms with Crippen LogP contribution in [-0.4, -0.2) is 47.7 Å². The number of nitrogens with zero attached hydrogens (tertiary/aromatic N) is 1. The molecule has 2 rings (SSSR count). The summed E-state index contributed by atoms with van der Waals surface area (Å²) in [6, 6.07) is 0.101. The van der Waals surface area contributed by atoms with Gasteiger partial charge in [0.1, 0.15) is 0 Å². The molecule has 3 unspecified atom stereocenters. The minimum absolute atomic E-state index is 0.0625. The molecular formula is C12H19NO4. The summed E-state index contributed by atoms with van der Waals surface area (Å²) >= 11 is 0. The molecule has 1 amide bonds. The molecule has 5 nitrogen and oxygen atoms in total. The zero-order chi connectivity index (χ0) is 12.4. The molecule has 2 bridgehead atoms. The first-order chi connectivity index (χ1) is 8.15. The van der Waals surface area contributed by atoms with Gasteiger partial charge in [-0.2, -0.15) is 0 Å². The van der Waals surface area contributed by atoms with Crippen LogP contribution in [-0.2, 0) is 14.3 Å². The van der Waals surface area contributed by atoms with Crippen molar-refractivity contribution in [3.05, 3.63) is 0 Å². The van der Waals surface area contributed by atoms with Crippen molar-refractivity contribution in [2.45, 2.75) is 44.2 Å². The molecule has 0 radical (unpaired) electrons. The number of fused-ring (bicyclic) bond motifs is 2. The van der Waals surface area contributed by atoms with Crippen LogP contribution in [0.1, 0.15) is 32.1 Å². The van der Waals surface area contributed by atoms with Gasteiger partial charge in [-0.05, 0) is 25.7 Å². The molecule has 2 aliphatic rings. The van der Waals surface area contributed by atoms with Gasteiger partial charge in [0, 0.05) is 32.2 Å². The Hall–Kier alpha value is -1.10.